The summed E-state index contributed by atoms with van der Waals surface area (Å²) in [4.78, 5) is 27.9. The van der Waals surface area contributed by atoms with Crippen molar-refractivity contribution in [1.82, 2.24) is 9.29 Å². The van der Waals surface area contributed by atoms with Gasteiger partial charge < -0.3 is 10.1 Å². The number of carbonyl (C=O) groups excluding carboxylic acids is 2. The quantitative estimate of drug-likeness (QED) is 0.595. The van der Waals surface area contributed by atoms with E-state index in [4.69, 9.17) is 4.74 Å². The molecule has 1 aromatic carbocycles. The maximum Gasteiger partial charge on any atom is 0.340 e. The predicted molar refractivity (Wildman–Crippen MR) is 107 cm³/mol. The maximum absolute atomic E-state index is 12.6. The first-order chi connectivity index (χ1) is 13.3. The molecule has 2 aromatic rings. The molecule has 150 valence electrons. The summed E-state index contributed by atoms with van der Waals surface area (Å²) in [5.74, 6) is -1.28. The third-order valence-electron chi connectivity index (χ3n) is 3.74. The van der Waals surface area contributed by atoms with Gasteiger partial charge in [0.15, 0.2) is 6.61 Å². The van der Waals surface area contributed by atoms with Crippen LogP contribution in [0, 0.1) is 0 Å². The summed E-state index contributed by atoms with van der Waals surface area (Å²) in [6, 6.07) is 7.44. The summed E-state index contributed by atoms with van der Waals surface area (Å²) in [7, 11) is -3.64. The molecule has 0 aliphatic carbocycles. The summed E-state index contributed by atoms with van der Waals surface area (Å²) in [6.45, 7) is 3.67. The molecule has 0 aliphatic heterocycles. The largest absolute Gasteiger partial charge is 0.452 e. The van der Waals surface area contributed by atoms with E-state index >= 15 is 0 Å². The second kappa shape index (κ2) is 9.76. The highest BCUT2D eigenvalue weighted by atomic mass is 79.9. The Labute approximate surface area is 172 Å². The Morgan fingerprint density at radius 2 is 1.89 bits per heavy atom. The van der Waals surface area contributed by atoms with Crippen LogP contribution >= 0.6 is 15.9 Å². The van der Waals surface area contributed by atoms with E-state index in [9.17, 15) is 18.0 Å². The van der Waals surface area contributed by atoms with Crippen LogP contribution in [0.4, 0.5) is 5.69 Å². The lowest BCUT2D eigenvalue weighted by Crippen LogP contribution is -2.30. The van der Waals surface area contributed by atoms with Gasteiger partial charge in [-0.25, -0.2) is 13.2 Å². The lowest BCUT2D eigenvalue weighted by molar-refractivity contribution is -0.119. The van der Waals surface area contributed by atoms with Crippen LogP contribution in [0.15, 0.2) is 52.1 Å². The highest BCUT2D eigenvalue weighted by Crippen LogP contribution is 2.19. The molecule has 0 spiro atoms. The van der Waals surface area contributed by atoms with Crippen LogP contribution < -0.4 is 5.32 Å². The summed E-state index contributed by atoms with van der Waals surface area (Å²) < 4.78 is 32.0. The van der Waals surface area contributed by atoms with Gasteiger partial charge in [-0.3, -0.25) is 9.78 Å². The van der Waals surface area contributed by atoms with E-state index in [1.807, 2.05) is 0 Å². The van der Waals surface area contributed by atoms with Crippen molar-refractivity contribution >= 4 is 43.5 Å². The zero-order valence-electron chi connectivity index (χ0n) is 15.4. The SMILES string of the molecule is CCN(CC)S(=O)(=O)c1cccc(NC(=O)COC(=O)c2cncc(Br)c2)c1. The first kappa shape index (κ1) is 22.0. The second-order valence-corrected chi connectivity index (χ2v) is 8.49. The summed E-state index contributed by atoms with van der Waals surface area (Å²) in [6.07, 6.45) is 2.84. The number of hydrogen-bond donors (Lipinski definition) is 1. The average Bonchev–Trinajstić information content (AvgIpc) is 2.67. The van der Waals surface area contributed by atoms with Gasteiger partial charge in [-0.1, -0.05) is 19.9 Å². The number of anilines is 1. The fourth-order valence-corrected chi connectivity index (χ4v) is 4.25. The van der Waals surface area contributed by atoms with E-state index in [0.29, 0.717) is 23.2 Å². The minimum atomic E-state index is -3.64. The predicted octanol–water partition coefficient (Wildman–Crippen LogP) is 2.67. The number of halogens is 1. The molecule has 1 heterocycles. The minimum absolute atomic E-state index is 0.0752. The number of benzene rings is 1. The van der Waals surface area contributed by atoms with Gasteiger partial charge in [0, 0.05) is 35.6 Å². The summed E-state index contributed by atoms with van der Waals surface area (Å²) >= 11 is 3.20. The molecule has 28 heavy (non-hydrogen) atoms. The van der Waals surface area contributed by atoms with Gasteiger partial charge in [0.2, 0.25) is 10.0 Å². The van der Waals surface area contributed by atoms with Crippen molar-refractivity contribution in [2.45, 2.75) is 18.7 Å². The number of nitrogens with zero attached hydrogens (tertiary/aromatic N) is 2. The third-order valence-corrected chi connectivity index (χ3v) is 6.22. The highest BCUT2D eigenvalue weighted by molar-refractivity contribution is 9.10. The molecule has 0 saturated carbocycles. The van der Waals surface area contributed by atoms with Crippen molar-refractivity contribution in [2.24, 2.45) is 0 Å². The van der Waals surface area contributed by atoms with Gasteiger partial charge in [0.25, 0.3) is 5.91 Å². The highest BCUT2D eigenvalue weighted by Gasteiger charge is 2.22. The molecule has 0 bridgehead atoms. The molecule has 1 aromatic heterocycles. The van der Waals surface area contributed by atoms with Crippen LogP contribution in [0.25, 0.3) is 0 Å². The summed E-state index contributed by atoms with van der Waals surface area (Å²) in [5.41, 5.74) is 0.493. The molecule has 1 N–H and O–H groups in total. The van der Waals surface area contributed by atoms with Crippen LogP contribution in [-0.4, -0.2) is 49.3 Å². The third kappa shape index (κ3) is 5.60. The van der Waals surface area contributed by atoms with Crippen LogP contribution in [0.1, 0.15) is 24.2 Å². The number of carbonyl (C=O) groups is 2. The number of rotatable bonds is 8. The lowest BCUT2D eigenvalue weighted by Gasteiger charge is -2.18. The van der Waals surface area contributed by atoms with Crippen molar-refractivity contribution in [3.8, 4) is 0 Å². The van der Waals surface area contributed by atoms with E-state index < -0.39 is 28.5 Å². The average molecular weight is 470 g/mol. The number of esters is 1. The molecule has 0 unspecified atom stereocenters. The van der Waals surface area contributed by atoms with Crippen molar-refractivity contribution in [3.63, 3.8) is 0 Å². The zero-order valence-corrected chi connectivity index (χ0v) is 17.8. The Balaban J connectivity index is 2.02. The molecule has 0 aliphatic rings. The number of sulfonamides is 1. The van der Waals surface area contributed by atoms with Gasteiger partial charge in [-0.05, 0) is 40.2 Å². The number of hydrogen-bond acceptors (Lipinski definition) is 6. The number of aromatic nitrogens is 1. The van der Waals surface area contributed by atoms with Crippen molar-refractivity contribution < 1.29 is 22.7 Å². The van der Waals surface area contributed by atoms with Gasteiger partial charge in [0.1, 0.15) is 0 Å². The van der Waals surface area contributed by atoms with Gasteiger partial charge >= 0.3 is 5.97 Å². The van der Waals surface area contributed by atoms with Gasteiger partial charge in [-0.2, -0.15) is 4.31 Å². The molecule has 0 radical (unpaired) electrons. The molecule has 8 nitrogen and oxygen atoms in total. The van der Waals surface area contributed by atoms with Crippen molar-refractivity contribution in [1.29, 1.82) is 0 Å². The monoisotopic (exact) mass is 469 g/mol. The number of ether oxygens (including phenoxy) is 1. The normalized spacial score (nSPS) is 11.3. The van der Waals surface area contributed by atoms with E-state index in [1.165, 1.54) is 41.0 Å². The fraction of sp³-hybridized carbons (Fsp3) is 0.278. The van der Waals surface area contributed by atoms with Crippen LogP contribution in [0.5, 0.6) is 0 Å². The molecule has 0 atom stereocenters. The second-order valence-electron chi connectivity index (χ2n) is 5.63. The van der Waals surface area contributed by atoms with Crippen molar-refractivity contribution in [3.05, 3.63) is 52.8 Å². The smallest absolute Gasteiger partial charge is 0.340 e. The minimum Gasteiger partial charge on any atom is -0.452 e. The molecule has 1 amide bonds. The number of nitrogens with one attached hydrogen (secondary N) is 1. The molecular formula is C18H20BrN3O5S. The standard InChI is InChI=1S/C18H20BrN3O5S/c1-3-22(4-2)28(25,26)16-7-5-6-15(9-16)21-17(23)12-27-18(24)13-8-14(19)11-20-10-13/h5-11H,3-4,12H2,1-2H3,(H,21,23). The number of pyridine rings is 1. The zero-order chi connectivity index (χ0) is 20.7. The van der Waals surface area contributed by atoms with E-state index in [-0.39, 0.29) is 10.5 Å². The Bertz CT molecular complexity index is 961. The first-order valence-corrected chi connectivity index (χ1v) is 10.7. The van der Waals surface area contributed by atoms with Gasteiger partial charge in [0.05, 0.1) is 10.5 Å². The molecular weight excluding hydrogens is 450 g/mol. The Morgan fingerprint density at radius 1 is 1.18 bits per heavy atom. The molecule has 0 fully saturated rings. The molecule has 10 heteroatoms. The number of amides is 1. The Morgan fingerprint density at radius 3 is 2.54 bits per heavy atom. The van der Waals surface area contributed by atoms with E-state index in [0.717, 1.165) is 0 Å². The van der Waals surface area contributed by atoms with Crippen molar-refractivity contribution in [2.75, 3.05) is 25.0 Å². The topological polar surface area (TPSA) is 106 Å². The Kier molecular flexibility index (Phi) is 7.67. The van der Waals surface area contributed by atoms with E-state index in [2.05, 4.69) is 26.2 Å². The Hall–Kier alpha value is -2.30. The first-order valence-electron chi connectivity index (χ1n) is 8.45. The fourth-order valence-electron chi connectivity index (χ4n) is 2.38. The van der Waals surface area contributed by atoms with Crippen LogP contribution in [-0.2, 0) is 19.6 Å². The molecule has 2 rings (SSSR count). The van der Waals surface area contributed by atoms with Crippen LogP contribution in [0.2, 0.25) is 0 Å². The van der Waals surface area contributed by atoms with E-state index in [1.54, 1.807) is 19.9 Å². The maximum atomic E-state index is 12.6. The summed E-state index contributed by atoms with van der Waals surface area (Å²) in [5, 5.41) is 2.52. The molecule has 0 saturated heterocycles. The van der Waals surface area contributed by atoms with Gasteiger partial charge in [-0.15, -0.1) is 0 Å². The lowest BCUT2D eigenvalue weighted by atomic mass is 10.3. The van der Waals surface area contributed by atoms with Crippen LogP contribution in [0.3, 0.4) is 0 Å².